The largest absolute Gasteiger partial charge is 0.335 e. The molecule has 1 aromatic carbocycles. The molecule has 7 nitrogen and oxygen atoms in total. The topological polar surface area (TPSA) is 85.8 Å². The number of hydrogen-bond donors (Lipinski definition) is 0. The van der Waals surface area contributed by atoms with Crippen LogP contribution in [0.5, 0.6) is 0 Å². The van der Waals surface area contributed by atoms with Gasteiger partial charge in [-0.25, -0.2) is 9.88 Å². The lowest BCUT2D eigenvalue weighted by atomic mass is 10.1. The Hall–Kier alpha value is -1.86. The molecule has 2 amide bonds. The first-order chi connectivity index (χ1) is 12.9. The van der Waals surface area contributed by atoms with Crippen LogP contribution in [0.4, 0.5) is 5.82 Å². The summed E-state index contributed by atoms with van der Waals surface area (Å²) in [5, 5.41) is 0. The number of carbonyl (C=O) groups is 2. The Bertz CT molecular complexity index is 904. The quantitative estimate of drug-likeness (QED) is 0.456. The SMILES string of the molecule is CCOP(=O)(Cc1cc(Br)cnc1N1C(=O)c2ccccc2C1=O)OCC. The average Bonchev–Trinajstić information content (AvgIpc) is 2.87. The molecule has 0 fully saturated rings. The second-order valence-electron chi connectivity index (χ2n) is 5.73. The standard InChI is InChI=1S/C18H18BrN2O5P/c1-3-25-27(24,26-4-2)11-12-9-13(19)10-20-16(12)21-17(22)14-7-5-6-8-15(14)18(21)23/h5-10H,3-4,11H2,1-2H3. The number of pyridine rings is 1. The number of benzene rings is 1. The second-order valence-corrected chi connectivity index (χ2v) is 8.70. The fourth-order valence-electron chi connectivity index (χ4n) is 2.90. The van der Waals surface area contributed by atoms with Crippen molar-refractivity contribution in [3.8, 4) is 0 Å². The van der Waals surface area contributed by atoms with Gasteiger partial charge in [0.2, 0.25) is 0 Å². The Balaban J connectivity index is 2.04. The summed E-state index contributed by atoms with van der Waals surface area (Å²) >= 11 is 3.33. The second kappa shape index (κ2) is 8.02. The number of fused-ring (bicyclic) bond motifs is 1. The summed E-state index contributed by atoms with van der Waals surface area (Å²) in [6, 6.07) is 8.25. The van der Waals surface area contributed by atoms with Crippen molar-refractivity contribution in [2.45, 2.75) is 20.0 Å². The zero-order valence-electron chi connectivity index (χ0n) is 14.8. The monoisotopic (exact) mass is 452 g/mol. The molecule has 0 radical (unpaired) electrons. The molecule has 1 aliphatic rings. The summed E-state index contributed by atoms with van der Waals surface area (Å²) in [6.07, 6.45) is 1.37. The highest BCUT2D eigenvalue weighted by Gasteiger charge is 2.39. The first kappa shape index (κ1) is 19.9. The summed E-state index contributed by atoms with van der Waals surface area (Å²) in [7, 11) is -3.45. The van der Waals surface area contributed by atoms with Gasteiger partial charge in [-0.05, 0) is 48.0 Å². The van der Waals surface area contributed by atoms with Crippen LogP contribution in [0.1, 0.15) is 40.1 Å². The minimum Gasteiger partial charge on any atom is -0.309 e. The van der Waals surface area contributed by atoms with E-state index in [-0.39, 0.29) is 25.2 Å². The molecule has 0 saturated heterocycles. The highest BCUT2D eigenvalue weighted by Crippen LogP contribution is 2.52. The number of aromatic nitrogens is 1. The maximum atomic E-state index is 13.0. The number of hydrogen-bond acceptors (Lipinski definition) is 6. The predicted octanol–water partition coefficient (Wildman–Crippen LogP) is 4.41. The number of anilines is 1. The zero-order valence-corrected chi connectivity index (χ0v) is 17.3. The minimum absolute atomic E-state index is 0.107. The Labute approximate surface area is 165 Å². The lowest BCUT2D eigenvalue weighted by molar-refractivity contribution is 0.0924. The highest BCUT2D eigenvalue weighted by atomic mass is 79.9. The van der Waals surface area contributed by atoms with Crippen LogP contribution in [0.25, 0.3) is 0 Å². The van der Waals surface area contributed by atoms with Crippen molar-refractivity contribution >= 4 is 41.2 Å². The third-order valence-electron chi connectivity index (χ3n) is 3.93. The van der Waals surface area contributed by atoms with Crippen molar-refractivity contribution in [3.05, 3.63) is 57.7 Å². The molecule has 9 heteroatoms. The first-order valence-corrected chi connectivity index (χ1v) is 10.9. The molecule has 142 valence electrons. The Morgan fingerprint density at radius 1 is 1.07 bits per heavy atom. The van der Waals surface area contributed by atoms with Crippen LogP contribution in [0, 0.1) is 0 Å². The van der Waals surface area contributed by atoms with Crippen LogP contribution in [0.3, 0.4) is 0 Å². The van der Waals surface area contributed by atoms with Gasteiger partial charge in [0, 0.05) is 16.2 Å². The van der Waals surface area contributed by atoms with E-state index in [2.05, 4.69) is 20.9 Å². The van der Waals surface area contributed by atoms with Crippen LogP contribution >= 0.6 is 23.5 Å². The van der Waals surface area contributed by atoms with Crippen LogP contribution in [-0.4, -0.2) is 30.0 Å². The molecular formula is C18H18BrN2O5P. The third-order valence-corrected chi connectivity index (χ3v) is 6.40. The smallest absolute Gasteiger partial charge is 0.309 e. The molecule has 0 saturated carbocycles. The Morgan fingerprint density at radius 2 is 1.63 bits per heavy atom. The maximum Gasteiger partial charge on any atom is 0.335 e. The van der Waals surface area contributed by atoms with Gasteiger partial charge in [0.25, 0.3) is 11.8 Å². The van der Waals surface area contributed by atoms with Gasteiger partial charge < -0.3 is 9.05 Å². The van der Waals surface area contributed by atoms with Crippen LogP contribution in [-0.2, 0) is 19.8 Å². The van der Waals surface area contributed by atoms with Crippen molar-refractivity contribution < 1.29 is 23.2 Å². The molecule has 27 heavy (non-hydrogen) atoms. The van der Waals surface area contributed by atoms with E-state index < -0.39 is 19.4 Å². The molecule has 1 aromatic heterocycles. The van der Waals surface area contributed by atoms with Crippen molar-refractivity contribution in [2.75, 3.05) is 18.1 Å². The number of rotatable bonds is 7. The fourth-order valence-corrected chi connectivity index (χ4v) is 4.98. The number of nitrogens with zero attached hydrogens (tertiary/aromatic N) is 2. The van der Waals surface area contributed by atoms with E-state index in [4.69, 9.17) is 9.05 Å². The lowest BCUT2D eigenvalue weighted by Crippen LogP contribution is -2.31. The van der Waals surface area contributed by atoms with Gasteiger partial charge in [0.05, 0.1) is 30.5 Å². The molecule has 0 unspecified atom stereocenters. The molecule has 1 aliphatic heterocycles. The van der Waals surface area contributed by atoms with Gasteiger partial charge >= 0.3 is 7.60 Å². The molecule has 0 aliphatic carbocycles. The van der Waals surface area contributed by atoms with E-state index in [1.54, 1.807) is 44.2 Å². The van der Waals surface area contributed by atoms with Gasteiger partial charge in [-0.1, -0.05) is 12.1 Å². The van der Waals surface area contributed by atoms with Crippen molar-refractivity contribution in [1.29, 1.82) is 0 Å². The van der Waals surface area contributed by atoms with Gasteiger partial charge in [-0.2, -0.15) is 0 Å². The average molecular weight is 453 g/mol. The molecule has 0 N–H and O–H groups in total. The molecule has 0 spiro atoms. The number of halogens is 1. The Kier molecular flexibility index (Phi) is 5.91. The highest BCUT2D eigenvalue weighted by molar-refractivity contribution is 9.10. The van der Waals surface area contributed by atoms with E-state index in [1.807, 2.05) is 0 Å². The minimum atomic E-state index is -3.45. The van der Waals surface area contributed by atoms with Crippen molar-refractivity contribution in [3.63, 3.8) is 0 Å². The zero-order chi connectivity index (χ0) is 19.6. The summed E-state index contributed by atoms with van der Waals surface area (Å²) in [5.74, 6) is -0.798. The van der Waals surface area contributed by atoms with Crippen LogP contribution < -0.4 is 4.90 Å². The van der Waals surface area contributed by atoms with Gasteiger partial charge in [0.1, 0.15) is 5.82 Å². The van der Waals surface area contributed by atoms with Crippen molar-refractivity contribution in [1.82, 2.24) is 4.98 Å². The summed E-state index contributed by atoms with van der Waals surface area (Å²) in [5.41, 5.74) is 1.05. The molecule has 2 aromatic rings. The van der Waals surface area contributed by atoms with E-state index in [0.29, 0.717) is 21.2 Å². The maximum absolute atomic E-state index is 13.0. The molecule has 2 heterocycles. The fraction of sp³-hybridized carbons (Fsp3) is 0.278. The predicted molar refractivity (Wildman–Crippen MR) is 104 cm³/mol. The van der Waals surface area contributed by atoms with E-state index in [0.717, 1.165) is 4.90 Å². The van der Waals surface area contributed by atoms with Crippen LogP contribution in [0.15, 0.2) is 41.0 Å². The molecule has 0 bridgehead atoms. The van der Waals surface area contributed by atoms with Gasteiger partial charge in [-0.3, -0.25) is 14.2 Å². The molecular weight excluding hydrogens is 435 g/mol. The third kappa shape index (κ3) is 3.89. The molecule has 3 rings (SSSR count). The number of imide groups is 1. The Morgan fingerprint density at radius 3 is 2.15 bits per heavy atom. The van der Waals surface area contributed by atoms with Gasteiger partial charge in [0.15, 0.2) is 0 Å². The summed E-state index contributed by atoms with van der Waals surface area (Å²) in [4.78, 5) is 30.8. The van der Waals surface area contributed by atoms with Crippen molar-refractivity contribution in [2.24, 2.45) is 0 Å². The van der Waals surface area contributed by atoms with E-state index >= 15 is 0 Å². The molecule has 0 atom stereocenters. The summed E-state index contributed by atoms with van der Waals surface area (Å²) < 4.78 is 24.3. The van der Waals surface area contributed by atoms with E-state index in [9.17, 15) is 14.2 Å². The number of amides is 2. The first-order valence-electron chi connectivity index (χ1n) is 8.40. The summed E-state index contributed by atoms with van der Waals surface area (Å²) in [6.45, 7) is 3.86. The van der Waals surface area contributed by atoms with Gasteiger partial charge in [-0.15, -0.1) is 0 Å². The van der Waals surface area contributed by atoms with E-state index in [1.165, 1.54) is 6.20 Å². The normalized spacial score (nSPS) is 14.0. The van der Waals surface area contributed by atoms with Crippen LogP contribution in [0.2, 0.25) is 0 Å². The number of carbonyl (C=O) groups excluding carboxylic acids is 2. The lowest BCUT2D eigenvalue weighted by Gasteiger charge is -2.21.